The van der Waals surface area contributed by atoms with Crippen LogP contribution >= 0.6 is 8.53 Å². The van der Waals surface area contributed by atoms with Crippen LogP contribution in [-0.4, -0.2) is 18.6 Å². The average molecular weight is 437 g/mol. The number of carbonyl (C=O) groups excluding carboxylic acids is 1. The number of benzene rings is 2. The monoisotopic (exact) mass is 437 g/mol. The van der Waals surface area contributed by atoms with E-state index >= 15 is 0 Å². The summed E-state index contributed by atoms with van der Waals surface area (Å²) >= 11 is 0. The normalized spacial score (nSPS) is 12.9. The predicted octanol–water partition coefficient (Wildman–Crippen LogP) is 5.00. The molecule has 1 N–H and O–H groups in total. The standard InChI is InChI=1S/C18H17F5NO4P/c1-3-10(2)26-12(25)9-24-29(27-11-7-5-4-6-8-11)28-18-16(22)14(20)13(19)15(21)17(18)23/h4-8,10,24H,3,9H2,1-2H3. The SMILES string of the molecule is CCC(C)OC(=O)CNP(Oc1ccccc1)Oc1c(F)c(F)c(F)c(F)c1F. The topological polar surface area (TPSA) is 56.8 Å². The molecule has 0 aliphatic carbocycles. The van der Waals surface area contributed by atoms with Crippen molar-refractivity contribution in [2.45, 2.75) is 26.4 Å². The summed E-state index contributed by atoms with van der Waals surface area (Å²) in [7, 11) is -2.53. The van der Waals surface area contributed by atoms with Gasteiger partial charge in [0.15, 0.2) is 0 Å². The molecule has 0 saturated carbocycles. The molecule has 0 spiro atoms. The molecule has 5 nitrogen and oxygen atoms in total. The molecule has 2 aromatic carbocycles. The van der Waals surface area contributed by atoms with Crippen molar-refractivity contribution in [3.05, 3.63) is 59.4 Å². The van der Waals surface area contributed by atoms with Gasteiger partial charge in [-0.05, 0) is 25.5 Å². The molecule has 2 aromatic rings. The van der Waals surface area contributed by atoms with Gasteiger partial charge in [-0.3, -0.25) is 4.79 Å². The van der Waals surface area contributed by atoms with Crippen LogP contribution in [0.4, 0.5) is 22.0 Å². The highest BCUT2D eigenvalue weighted by Crippen LogP contribution is 2.40. The van der Waals surface area contributed by atoms with E-state index in [1.807, 2.05) is 0 Å². The Bertz CT molecular complexity index is 827. The zero-order chi connectivity index (χ0) is 21.6. The number of para-hydroxylation sites is 1. The van der Waals surface area contributed by atoms with Crippen molar-refractivity contribution in [1.82, 2.24) is 5.09 Å². The lowest BCUT2D eigenvalue weighted by molar-refractivity contribution is -0.146. The summed E-state index contributed by atoms with van der Waals surface area (Å²) in [4.78, 5) is 11.8. The van der Waals surface area contributed by atoms with Gasteiger partial charge in [0.2, 0.25) is 34.8 Å². The first-order chi connectivity index (χ1) is 13.7. The van der Waals surface area contributed by atoms with Gasteiger partial charge in [0.05, 0.1) is 6.10 Å². The molecule has 0 aromatic heterocycles. The molecule has 0 amide bonds. The maximum Gasteiger partial charge on any atom is 0.382 e. The average Bonchev–Trinajstić information content (AvgIpc) is 2.72. The number of ether oxygens (including phenoxy) is 1. The maximum absolute atomic E-state index is 13.9. The fourth-order valence-corrected chi connectivity index (χ4v) is 2.95. The first kappa shape index (κ1) is 22.8. The fourth-order valence-electron chi connectivity index (χ4n) is 1.89. The molecule has 0 fully saturated rings. The van der Waals surface area contributed by atoms with Gasteiger partial charge in [-0.15, -0.1) is 0 Å². The smallest absolute Gasteiger partial charge is 0.382 e. The molecule has 0 heterocycles. The van der Waals surface area contributed by atoms with Gasteiger partial charge in [-0.1, -0.05) is 25.1 Å². The third-order valence-corrected chi connectivity index (χ3v) is 4.68. The van der Waals surface area contributed by atoms with E-state index in [2.05, 4.69) is 5.09 Å². The Balaban J connectivity index is 2.23. The van der Waals surface area contributed by atoms with Gasteiger partial charge in [0, 0.05) is 0 Å². The number of nitrogens with one attached hydrogen (secondary N) is 1. The van der Waals surface area contributed by atoms with E-state index < -0.39 is 55.9 Å². The second-order valence-electron chi connectivity index (χ2n) is 5.70. The summed E-state index contributed by atoms with van der Waals surface area (Å²) in [6.07, 6.45) is 0.184. The first-order valence-electron chi connectivity index (χ1n) is 8.40. The van der Waals surface area contributed by atoms with Crippen LogP contribution < -0.4 is 14.1 Å². The summed E-state index contributed by atoms with van der Waals surface area (Å²) in [5, 5.41) is 2.43. The lowest BCUT2D eigenvalue weighted by atomic mass is 10.3. The van der Waals surface area contributed by atoms with Crippen molar-refractivity contribution in [2.24, 2.45) is 0 Å². The highest BCUT2D eigenvalue weighted by molar-refractivity contribution is 7.45. The molecular formula is C18H17F5NO4P. The van der Waals surface area contributed by atoms with Crippen LogP contribution in [0.25, 0.3) is 0 Å². The van der Waals surface area contributed by atoms with E-state index in [0.717, 1.165) is 0 Å². The van der Waals surface area contributed by atoms with Crippen LogP contribution in [0.5, 0.6) is 11.5 Å². The number of carbonyl (C=O) groups is 1. The molecule has 158 valence electrons. The number of rotatable bonds is 9. The first-order valence-corrected chi connectivity index (χ1v) is 9.57. The van der Waals surface area contributed by atoms with Crippen molar-refractivity contribution in [3.8, 4) is 11.5 Å². The summed E-state index contributed by atoms with van der Waals surface area (Å²) in [5.74, 6) is -13.0. The lowest BCUT2D eigenvalue weighted by Gasteiger charge is -2.20. The Morgan fingerprint density at radius 3 is 2.07 bits per heavy atom. The van der Waals surface area contributed by atoms with E-state index in [4.69, 9.17) is 13.8 Å². The van der Waals surface area contributed by atoms with Crippen LogP contribution in [0.15, 0.2) is 30.3 Å². The summed E-state index contributed by atoms with van der Waals surface area (Å²) < 4.78 is 83.1. The Labute approximate surface area is 164 Å². The molecular weight excluding hydrogens is 420 g/mol. The van der Waals surface area contributed by atoms with E-state index in [0.29, 0.717) is 6.42 Å². The van der Waals surface area contributed by atoms with E-state index in [-0.39, 0.29) is 11.9 Å². The molecule has 2 rings (SSSR count). The molecule has 0 bridgehead atoms. The van der Waals surface area contributed by atoms with Crippen molar-refractivity contribution in [2.75, 3.05) is 6.54 Å². The van der Waals surface area contributed by atoms with Gasteiger partial charge < -0.3 is 13.8 Å². The number of halogens is 5. The van der Waals surface area contributed by atoms with Gasteiger partial charge in [0.25, 0.3) is 0 Å². The van der Waals surface area contributed by atoms with Gasteiger partial charge in [-0.2, -0.15) is 8.78 Å². The second kappa shape index (κ2) is 10.4. The minimum Gasteiger partial charge on any atom is -0.462 e. The molecule has 0 aliphatic heterocycles. The van der Waals surface area contributed by atoms with Crippen molar-refractivity contribution in [1.29, 1.82) is 0 Å². The largest absolute Gasteiger partial charge is 0.462 e. The Hall–Kier alpha value is -2.45. The summed E-state index contributed by atoms with van der Waals surface area (Å²) in [6.45, 7) is 2.97. The van der Waals surface area contributed by atoms with E-state index in [1.54, 1.807) is 32.0 Å². The van der Waals surface area contributed by atoms with Gasteiger partial charge in [0.1, 0.15) is 12.3 Å². The molecule has 2 atom stereocenters. The van der Waals surface area contributed by atoms with E-state index in [9.17, 15) is 26.7 Å². The minimum atomic E-state index is -2.53. The summed E-state index contributed by atoms with van der Waals surface area (Å²) in [5.41, 5.74) is 0. The Morgan fingerprint density at radius 2 is 1.52 bits per heavy atom. The number of hydrogen-bond acceptors (Lipinski definition) is 5. The van der Waals surface area contributed by atoms with Gasteiger partial charge in [-0.25, -0.2) is 18.3 Å². The highest BCUT2D eigenvalue weighted by Gasteiger charge is 2.30. The number of esters is 1. The van der Waals surface area contributed by atoms with Crippen LogP contribution in [0, 0.1) is 29.1 Å². The lowest BCUT2D eigenvalue weighted by Crippen LogP contribution is -2.27. The number of hydrogen-bond donors (Lipinski definition) is 1. The highest BCUT2D eigenvalue weighted by atomic mass is 31.2. The molecule has 0 aliphatic rings. The van der Waals surface area contributed by atoms with Crippen molar-refractivity contribution >= 4 is 14.5 Å². The molecule has 0 radical (unpaired) electrons. The Morgan fingerprint density at radius 1 is 0.966 bits per heavy atom. The minimum absolute atomic E-state index is 0.172. The predicted molar refractivity (Wildman–Crippen MR) is 94.7 cm³/mol. The molecule has 0 saturated heterocycles. The molecule has 29 heavy (non-hydrogen) atoms. The van der Waals surface area contributed by atoms with Crippen molar-refractivity contribution in [3.63, 3.8) is 0 Å². The third-order valence-electron chi connectivity index (χ3n) is 3.54. The molecule has 2 unspecified atom stereocenters. The molecule has 11 heteroatoms. The van der Waals surface area contributed by atoms with Crippen molar-refractivity contribution < 1.29 is 40.5 Å². The second-order valence-corrected chi connectivity index (χ2v) is 6.89. The van der Waals surface area contributed by atoms with Gasteiger partial charge >= 0.3 is 14.5 Å². The zero-order valence-corrected chi connectivity index (χ0v) is 16.2. The Kier molecular flexibility index (Phi) is 8.16. The zero-order valence-electron chi connectivity index (χ0n) is 15.3. The maximum atomic E-state index is 13.9. The van der Waals surface area contributed by atoms with Crippen LogP contribution in [0.3, 0.4) is 0 Å². The third kappa shape index (κ3) is 6.01. The van der Waals surface area contributed by atoms with Crippen LogP contribution in [0.1, 0.15) is 20.3 Å². The summed E-state index contributed by atoms with van der Waals surface area (Å²) in [6, 6.07) is 7.76. The quantitative estimate of drug-likeness (QED) is 0.197. The van der Waals surface area contributed by atoms with Crippen LogP contribution in [0.2, 0.25) is 0 Å². The van der Waals surface area contributed by atoms with Crippen LogP contribution in [-0.2, 0) is 9.53 Å². The van der Waals surface area contributed by atoms with E-state index in [1.165, 1.54) is 12.1 Å². The fraction of sp³-hybridized carbons (Fsp3) is 0.278.